The van der Waals surface area contributed by atoms with Crippen LogP contribution in [0, 0.1) is 0 Å². The van der Waals surface area contributed by atoms with Crippen molar-refractivity contribution in [1.82, 2.24) is 9.80 Å². The van der Waals surface area contributed by atoms with Crippen LogP contribution in [0.15, 0.2) is 0 Å². The van der Waals surface area contributed by atoms with Gasteiger partial charge < -0.3 is 9.80 Å². The first-order chi connectivity index (χ1) is 7.99. The summed E-state index contributed by atoms with van der Waals surface area (Å²) >= 11 is 0. The summed E-state index contributed by atoms with van der Waals surface area (Å²) in [4.78, 5) is 4.63. The van der Waals surface area contributed by atoms with E-state index in [2.05, 4.69) is 58.5 Å². The lowest BCUT2D eigenvalue weighted by molar-refractivity contribution is 0.246. The highest BCUT2D eigenvalue weighted by Gasteiger charge is 2.00. The predicted molar refractivity (Wildman–Crippen MR) is 82.9 cm³/mol. The zero-order valence-electron chi connectivity index (χ0n) is 14.0. The van der Waals surface area contributed by atoms with Gasteiger partial charge in [0.15, 0.2) is 0 Å². The normalized spacial score (nSPS) is 9.88. The summed E-state index contributed by atoms with van der Waals surface area (Å²) in [5, 5.41) is 0. The molecule has 0 fully saturated rings. The Hall–Kier alpha value is -0.0800. The Morgan fingerprint density at radius 3 is 1.35 bits per heavy atom. The number of unbranched alkanes of at least 4 members (excludes halogenated alkanes) is 1. The Morgan fingerprint density at radius 2 is 1.29 bits per heavy atom. The van der Waals surface area contributed by atoms with Gasteiger partial charge in [-0.25, -0.2) is 0 Å². The zero-order chi connectivity index (χ0) is 14.3. The van der Waals surface area contributed by atoms with Crippen LogP contribution in [0.2, 0.25) is 0 Å². The van der Waals surface area contributed by atoms with Crippen molar-refractivity contribution >= 4 is 0 Å². The maximum absolute atomic E-state index is 2.42. The van der Waals surface area contributed by atoms with Crippen LogP contribution in [0.3, 0.4) is 0 Å². The first-order valence-corrected chi connectivity index (χ1v) is 7.38. The quantitative estimate of drug-likeness (QED) is 0.696. The van der Waals surface area contributed by atoms with Gasteiger partial charge in [0.1, 0.15) is 0 Å². The highest BCUT2D eigenvalue weighted by Crippen LogP contribution is 1.94. The minimum absolute atomic E-state index is 0.713. The molecule has 108 valence electrons. The van der Waals surface area contributed by atoms with Gasteiger partial charge in [-0.1, -0.05) is 41.0 Å². The summed E-state index contributed by atoms with van der Waals surface area (Å²) in [5.74, 6) is 0. The van der Waals surface area contributed by atoms with E-state index in [1.54, 1.807) is 0 Å². The molecule has 0 atom stereocenters. The van der Waals surface area contributed by atoms with Crippen molar-refractivity contribution in [3.8, 4) is 0 Å². The molecule has 0 unspecified atom stereocenters. The largest absolute Gasteiger partial charge is 0.309 e. The number of hydrogen-bond donors (Lipinski definition) is 0. The molecule has 0 bridgehead atoms. The van der Waals surface area contributed by atoms with Crippen molar-refractivity contribution in [1.29, 1.82) is 0 Å². The lowest BCUT2D eigenvalue weighted by Crippen LogP contribution is -2.29. The molecule has 0 rings (SSSR count). The molecule has 0 spiro atoms. The molecular formula is C15H38N2. The van der Waals surface area contributed by atoms with Gasteiger partial charge in [0, 0.05) is 6.04 Å². The summed E-state index contributed by atoms with van der Waals surface area (Å²) in [7, 11) is 4.21. The third kappa shape index (κ3) is 21.7. The summed E-state index contributed by atoms with van der Waals surface area (Å²) in [6, 6.07) is 0.713. The third-order valence-electron chi connectivity index (χ3n) is 2.50. The Balaban J connectivity index is -0.000000202. The van der Waals surface area contributed by atoms with Crippen molar-refractivity contribution in [2.24, 2.45) is 0 Å². The van der Waals surface area contributed by atoms with Crippen LogP contribution in [0.1, 0.15) is 61.3 Å². The second-order valence-corrected chi connectivity index (χ2v) is 4.47. The molecule has 0 saturated heterocycles. The highest BCUT2D eigenvalue weighted by molar-refractivity contribution is 4.56. The SMILES string of the molecule is CC.CCCCN(C)C.CCN(CC)C(C)C. The van der Waals surface area contributed by atoms with Gasteiger partial charge in [0.2, 0.25) is 0 Å². The number of rotatable bonds is 6. The molecule has 17 heavy (non-hydrogen) atoms. The lowest BCUT2D eigenvalue weighted by Gasteiger charge is -2.21. The van der Waals surface area contributed by atoms with Crippen LogP contribution in [0.4, 0.5) is 0 Å². The molecule has 0 radical (unpaired) electrons. The van der Waals surface area contributed by atoms with Gasteiger partial charge in [-0.3, -0.25) is 0 Å². The van der Waals surface area contributed by atoms with Gasteiger partial charge in [-0.05, 0) is 54.0 Å². The summed E-state index contributed by atoms with van der Waals surface area (Å²) in [6.45, 7) is 18.6. The summed E-state index contributed by atoms with van der Waals surface area (Å²) < 4.78 is 0. The van der Waals surface area contributed by atoms with E-state index in [-0.39, 0.29) is 0 Å². The molecule has 0 saturated carbocycles. The third-order valence-corrected chi connectivity index (χ3v) is 2.50. The van der Waals surface area contributed by atoms with Gasteiger partial charge in [0.05, 0.1) is 0 Å². The molecule has 0 aliphatic heterocycles. The molecule has 2 nitrogen and oxygen atoms in total. The van der Waals surface area contributed by atoms with Gasteiger partial charge in [-0.2, -0.15) is 0 Å². The molecular weight excluding hydrogens is 208 g/mol. The van der Waals surface area contributed by atoms with Crippen LogP contribution < -0.4 is 0 Å². The van der Waals surface area contributed by atoms with Crippen LogP contribution in [-0.4, -0.2) is 49.6 Å². The zero-order valence-corrected chi connectivity index (χ0v) is 14.0. The minimum atomic E-state index is 0.713. The number of hydrogen-bond acceptors (Lipinski definition) is 2. The first kappa shape index (κ1) is 22.1. The molecule has 0 aromatic rings. The minimum Gasteiger partial charge on any atom is -0.309 e. The van der Waals surface area contributed by atoms with E-state index in [9.17, 15) is 0 Å². The van der Waals surface area contributed by atoms with E-state index in [4.69, 9.17) is 0 Å². The van der Waals surface area contributed by atoms with Gasteiger partial charge in [-0.15, -0.1) is 0 Å². The topological polar surface area (TPSA) is 6.48 Å². The van der Waals surface area contributed by atoms with Gasteiger partial charge >= 0.3 is 0 Å². The second-order valence-electron chi connectivity index (χ2n) is 4.47. The van der Waals surface area contributed by atoms with E-state index in [1.807, 2.05) is 13.8 Å². The maximum atomic E-state index is 2.42. The van der Waals surface area contributed by atoms with Crippen molar-refractivity contribution < 1.29 is 0 Å². The fourth-order valence-electron chi connectivity index (χ4n) is 1.43. The molecule has 0 heterocycles. The maximum Gasteiger partial charge on any atom is 0.00383 e. The van der Waals surface area contributed by atoms with Crippen LogP contribution >= 0.6 is 0 Å². The van der Waals surface area contributed by atoms with E-state index >= 15 is 0 Å². The first-order valence-electron chi connectivity index (χ1n) is 7.38. The van der Waals surface area contributed by atoms with Crippen molar-refractivity contribution in [2.45, 2.75) is 67.3 Å². The second kappa shape index (κ2) is 18.3. The monoisotopic (exact) mass is 246 g/mol. The molecule has 2 heteroatoms. The van der Waals surface area contributed by atoms with Gasteiger partial charge in [0.25, 0.3) is 0 Å². The smallest absolute Gasteiger partial charge is 0.00383 e. The summed E-state index contributed by atoms with van der Waals surface area (Å²) in [6.07, 6.45) is 2.63. The molecule has 0 aromatic heterocycles. The van der Waals surface area contributed by atoms with Crippen molar-refractivity contribution in [3.05, 3.63) is 0 Å². The number of nitrogens with zero attached hydrogens (tertiary/aromatic N) is 2. The molecule has 0 aromatic carbocycles. The molecule has 0 aliphatic rings. The van der Waals surface area contributed by atoms with E-state index in [0.29, 0.717) is 6.04 Å². The van der Waals surface area contributed by atoms with Crippen molar-refractivity contribution in [3.63, 3.8) is 0 Å². The van der Waals surface area contributed by atoms with Crippen LogP contribution in [-0.2, 0) is 0 Å². The standard InChI is InChI=1S/C7H17N.C6H15N.C2H6/c1-5-8(6-2)7(3)4;1-4-5-6-7(2)3;1-2/h7H,5-6H2,1-4H3;4-6H2,1-3H3;1-2H3. The summed E-state index contributed by atoms with van der Waals surface area (Å²) in [5.41, 5.74) is 0. The van der Waals surface area contributed by atoms with E-state index in [1.165, 1.54) is 32.5 Å². The van der Waals surface area contributed by atoms with E-state index < -0.39 is 0 Å². The Bertz CT molecular complexity index is 107. The predicted octanol–water partition coefficient (Wildman–Crippen LogP) is 4.11. The van der Waals surface area contributed by atoms with E-state index in [0.717, 1.165) is 0 Å². The molecule has 0 N–H and O–H groups in total. The fourth-order valence-corrected chi connectivity index (χ4v) is 1.43. The fraction of sp³-hybridized carbons (Fsp3) is 1.00. The van der Waals surface area contributed by atoms with Crippen LogP contribution in [0.5, 0.6) is 0 Å². The average Bonchev–Trinajstić information content (AvgIpc) is 2.31. The average molecular weight is 246 g/mol. The highest BCUT2D eigenvalue weighted by atomic mass is 15.1. The lowest BCUT2D eigenvalue weighted by atomic mass is 10.3. The Morgan fingerprint density at radius 1 is 0.882 bits per heavy atom. The Labute approximate surface area is 111 Å². The molecule has 0 aliphatic carbocycles. The van der Waals surface area contributed by atoms with Crippen LogP contribution in [0.25, 0.3) is 0 Å². The molecule has 0 amide bonds. The Kier molecular flexibility index (Phi) is 23.8. The van der Waals surface area contributed by atoms with Crippen molar-refractivity contribution in [2.75, 3.05) is 33.7 Å².